The van der Waals surface area contributed by atoms with Crippen LogP contribution in [0, 0.1) is 6.92 Å². The van der Waals surface area contributed by atoms with Gasteiger partial charge in [-0.15, -0.1) is 0 Å². The molecule has 0 saturated carbocycles. The van der Waals surface area contributed by atoms with E-state index in [2.05, 4.69) is 49.7 Å². The summed E-state index contributed by atoms with van der Waals surface area (Å²) in [7, 11) is 0. The molecular weight excluding hydrogens is 643 g/mol. The average molecular weight is 691 g/mol. The predicted octanol–water partition coefficient (Wildman–Crippen LogP) is 6.10. The summed E-state index contributed by atoms with van der Waals surface area (Å²) in [6, 6.07) is 17.6. The number of carbonyl (C=O) groups excluding carboxylic acids is 1. The molecule has 224 valence electrons. The maximum atomic E-state index is 13.6. The molecule has 3 rings (SSSR count). The van der Waals surface area contributed by atoms with Crippen LogP contribution in [0.25, 0.3) is 0 Å². The minimum Gasteiger partial charge on any atom is -1.00 e. The monoisotopic (exact) mass is 690 g/mol. The van der Waals surface area contributed by atoms with Crippen molar-refractivity contribution in [2.75, 3.05) is 6.61 Å². The number of benzene rings is 2. The number of aryl methyl sites for hydroxylation is 2. The third kappa shape index (κ3) is 12.3. The van der Waals surface area contributed by atoms with Gasteiger partial charge < -0.3 is 33.6 Å². The molecule has 0 bridgehead atoms. The second-order valence-corrected chi connectivity index (χ2v) is 11.2. The van der Waals surface area contributed by atoms with Crippen LogP contribution >= 0.6 is 11.6 Å². The van der Waals surface area contributed by atoms with E-state index in [0.29, 0.717) is 23.7 Å². The Balaban J connectivity index is 0.00000588. The molecule has 41 heavy (non-hydrogen) atoms. The number of nitrogens with zero attached hydrogens (tertiary/aromatic N) is 2. The molecule has 0 atom stereocenters. The minimum atomic E-state index is -0.0711. The van der Waals surface area contributed by atoms with Gasteiger partial charge in [0, 0.05) is 18.2 Å². The lowest BCUT2D eigenvalue weighted by Gasteiger charge is -2.24. The summed E-state index contributed by atoms with van der Waals surface area (Å²) in [6.45, 7) is 9.10. The largest absolute Gasteiger partial charge is 1.00 e. The van der Waals surface area contributed by atoms with Crippen LogP contribution in [0.3, 0.4) is 0 Å². The summed E-state index contributed by atoms with van der Waals surface area (Å²) >= 11 is 6.42. The van der Waals surface area contributed by atoms with Crippen LogP contribution in [-0.2, 0) is 19.6 Å². The Hall–Kier alpha value is -2.12. The van der Waals surface area contributed by atoms with Gasteiger partial charge in [0.2, 0.25) is 0 Å². The average Bonchev–Trinajstić information content (AvgIpc) is 2.96. The molecule has 1 aromatic heterocycles. The maximum absolute atomic E-state index is 13.6. The molecular formula is C35H48ClIN2O2. The van der Waals surface area contributed by atoms with Gasteiger partial charge in [0.25, 0.3) is 5.91 Å². The highest BCUT2D eigenvalue weighted by Crippen LogP contribution is 2.23. The predicted molar refractivity (Wildman–Crippen MR) is 166 cm³/mol. The number of halogens is 2. The lowest BCUT2D eigenvalue weighted by atomic mass is 10.1. The summed E-state index contributed by atoms with van der Waals surface area (Å²) in [5.74, 6) is 0.825. The Morgan fingerprint density at radius 2 is 1.54 bits per heavy atom. The van der Waals surface area contributed by atoms with Crippen LogP contribution in [0.4, 0.5) is 0 Å². The van der Waals surface area contributed by atoms with Crippen molar-refractivity contribution in [1.29, 1.82) is 0 Å². The number of amides is 1. The number of aromatic nitrogens is 1. The second kappa shape index (κ2) is 19.9. The number of rotatable bonds is 18. The van der Waals surface area contributed by atoms with Crippen molar-refractivity contribution in [3.05, 3.63) is 94.3 Å². The summed E-state index contributed by atoms with van der Waals surface area (Å²) in [4.78, 5) is 15.5. The number of pyridine rings is 1. The van der Waals surface area contributed by atoms with Gasteiger partial charge in [0.15, 0.2) is 12.4 Å². The molecule has 0 radical (unpaired) electrons. The van der Waals surface area contributed by atoms with Crippen molar-refractivity contribution in [3.8, 4) is 5.75 Å². The van der Waals surface area contributed by atoms with E-state index in [9.17, 15) is 4.79 Å². The van der Waals surface area contributed by atoms with Gasteiger partial charge in [-0.25, -0.2) is 4.57 Å². The van der Waals surface area contributed by atoms with E-state index in [4.69, 9.17) is 16.3 Å². The van der Waals surface area contributed by atoms with E-state index in [1.807, 2.05) is 35.4 Å². The van der Waals surface area contributed by atoms with Gasteiger partial charge in [-0.05, 0) is 61.7 Å². The van der Waals surface area contributed by atoms with Crippen molar-refractivity contribution < 1.29 is 38.1 Å². The Bertz CT molecular complexity index is 1190. The van der Waals surface area contributed by atoms with Crippen molar-refractivity contribution in [2.45, 2.75) is 105 Å². The summed E-state index contributed by atoms with van der Waals surface area (Å²) in [6.07, 6.45) is 17.3. The first-order valence-electron chi connectivity index (χ1n) is 15.3. The third-order valence-electron chi connectivity index (χ3n) is 7.49. The van der Waals surface area contributed by atoms with Gasteiger partial charge in [-0.2, -0.15) is 0 Å². The summed E-state index contributed by atoms with van der Waals surface area (Å²) in [5, 5.41) is 0.474. The zero-order valence-corrected chi connectivity index (χ0v) is 28.1. The normalized spacial score (nSPS) is 10.7. The molecule has 4 nitrogen and oxygen atoms in total. The lowest BCUT2D eigenvalue weighted by Crippen LogP contribution is -3.00. The highest BCUT2D eigenvalue weighted by atomic mass is 127. The molecule has 0 fully saturated rings. The van der Waals surface area contributed by atoms with Crippen molar-refractivity contribution in [2.24, 2.45) is 0 Å². The number of unbranched alkanes of at least 4 members (excludes halogenated alkanes) is 9. The van der Waals surface area contributed by atoms with Gasteiger partial charge >= 0.3 is 0 Å². The molecule has 0 aliphatic rings. The molecule has 0 aliphatic carbocycles. The molecule has 0 N–H and O–H groups in total. The first kappa shape index (κ1) is 35.1. The van der Waals surface area contributed by atoms with Crippen LogP contribution in [0.5, 0.6) is 5.75 Å². The Morgan fingerprint density at radius 3 is 2.20 bits per heavy atom. The van der Waals surface area contributed by atoms with Gasteiger partial charge in [-0.1, -0.05) is 94.5 Å². The smallest absolute Gasteiger partial charge is 0.255 e. The zero-order chi connectivity index (χ0) is 28.6. The summed E-state index contributed by atoms with van der Waals surface area (Å²) in [5.41, 5.74) is 3.83. The van der Waals surface area contributed by atoms with E-state index >= 15 is 0 Å². The second-order valence-electron chi connectivity index (χ2n) is 10.8. The Labute approximate surface area is 270 Å². The van der Waals surface area contributed by atoms with Crippen molar-refractivity contribution >= 4 is 17.5 Å². The highest BCUT2D eigenvalue weighted by Gasteiger charge is 2.21. The molecule has 1 heterocycles. The van der Waals surface area contributed by atoms with Crippen molar-refractivity contribution in [3.63, 3.8) is 0 Å². The number of hydrogen-bond acceptors (Lipinski definition) is 2. The van der Waals surface area contributed by atoms with Gasteiger partial charge in [0.1, 0.15) is 12.3 Å². The maximum Gasteiger partial charge on any atom is 0.255 e. The van der Waals surface area contributed by atoms with E-state index in [1.54, 1.807) is 12.1 Å². The van der Waals surface area contributed by atoms with E-state index in [-0.39, 0.29) is 29.9 Å². The fourth-order valence-corrected chi connectivity index (χ4v) is 5.23. The standard InChI is InChI=1S/C35H48ClN2O2.HI/c1-4-6-7-8-9-10-11-12-13-16-24-40-32-22-21-31(29(3)25-32)28-38(27-30-18-17-23-37(5-2)26-30)35(39)33-19-14-15-20-34(33)36;/h14-15,17-23,25-26H,4-13,16,24,27-28H2,1-3H3;1H/q+1;/p-1. The first-order chi connectivity index (χ1) is 19.5. The molecule has 2 aromatic carbocycles. The van der Waals surface area contributed by atoms with Crippen molar-refractivity contribution in [1.82, 2.24) is 4.90 Å². The molecule has 0 saturated heterocycles. The van der Waals surface area contributed by atoms with Crippen LogP contribution in [0.1, 0.15) is 105 Å². The summed E-state index contributed by atoms with van der Waals surface area (Å²) < 4.78 is 8.20. The van der Waals surface area contributed by atoms with Gasteiger partial charge in [0.05, 0.1) is 23.7 Å². The van der Waals surface area contributed by atoms with E-state index in [1.165, 1.54) is 57.8 Å². The number of hydrogen-bond donors (Lipinski definition) is 0. The zero-order valence-electron chi connectivity index (χ0n) is 25.2. The quantitative estimate of drug-likeness (QED) is 0.0919. The molecule has 3 aromatic rings. The fraction of sp³-hybridized carbons (Fsp3) is 0.486. The number of ether oxygens (including phenoxy) is 1. The Kier molecular flexibility index (Phi) is 17.0. The molecule has 1 amide bonds. The van der Waals surface area contributed by atoms with Crippen LogP contribution in [0.15, 0.2) is 67.0 Å². The van der Waals surface area contributed by atoms with E-state index in [0.717, 1.165) is 42.0 Å². The minimum absolute atomic E-state index is 0. The lowest BCUT2D eigenvalue weighted by molar-refractivity contribution is -0.694. The SMILES string of the molecule is CCCCCCCCCCCCOc1ccc(CN(Cc2ccc[n+](CC)c2)C(=O)c2ccccc2Cl)c(C)c1.[I-]. The fourth-order valence-electron chi connectivity index (χ4n) is 5.01. The number of carbonyl (C=O) groups is 1. The Morgan fingerprint density at radius 1 is 0.854 bits per heavy atom. The molecule has 0 spiro atoms. The molecule has 0 aliphatic heterocycles. The van der Waals surface area contributed by atoms with E-state index < -0.39 is 0 Å². The highest BCUT2D eigenvalue weighted by molar-refractivity contribution is 6.33. The topological polar surface area (TPSA) is 33.4 Å². The van der Waals surface area contributed by atoms with Gasteiger partial charge in [-0.3, -0.25) is 4.79 Å². The van der Waals surface area contributed by atoms with Crippen LogP contribution in [0.2, 0.25) is 5.02 Å². The first-order valence-corrected chi connectivity index (χ1v) is 15.6. The molecule has 0 unspecified atom stereocenters. The third-order valence-corrected chi connectivity index (χ3v) is 7.82. The van der Waals surface area contributed by atoms with Crippen LogP contribution < -0.4 is 33.3 Å². The molecule has 6 heteroatoms. The van der Waals surface area contributed by atoms with Crippen LogP contribution in [-0.4, -0.2) is 17.4 Å².